The van der Waals surface area contributed by atoms with Gasteiger partial charge < -0.3 is 14.1 Å². The molecule has 0 saturated heterocycles. The lowest BCUT2D eigenvalue weighted by molar-refractivity contribution is 0.0449. The van der Waals surface area contributed by atoms with Crippen molar-refractivity contribution in [3.8, 4) is 0 Å². The number of imidazole rings is 1. The Labute approximate surface area is 162 Å². The lowest BCUT2D eigenvalue weighted by Gasteiger charge is -2.38. The van der Waals surface area contributed by atoms with E-state index in [2.05, 4.69) is 38.8 Å². The van der Waals surface area contributed by atoms with Crippen LogP contribution in [0.2, 0.25) is 23.2 Å². The number of benzene rings is 1. The second kappa shape index (κ2) is 6.79. The molecule has 0 fully saturated rings. The summed E-state index contributed by atoms with van der Waals surface area (Å²) < 4.78 is 8.46. The smallest absolute Gasteiger partial charge is 0.192 e. The summed E-state index contributed by atoms with van der Waals surface area (Å²) in [6.07, 6.45) is 5.11. The number of fused-ring (bicyclic) bond motifs is 1. The molecule has 1 atom stereocenters. The number of hydrogen-bond acceptors (Lipinski definition) is 3. The average molecular weight is 393 g/mol. The lowest BCUT2D eigenvalue weighted by atomic mass is 9.82. The molecule has 0 spiro atoms. The Bertz CT molecular complexity index is 797. The summed E-state index contributed by atoms with van der Waals surface area (Å²) >= 11 is 6.30. The molecule has 0 bridgehead atoms. The Hall–Kier alpha value is -1.14. The molecule has 0 radical (unpaired) electrons. The van der Waals surface area contributed by atoms with Crippen molar-refractivity contribution in [2.75, 3.05) is 0 Å². The zero-order chi connectivity index (χ0) is 19.2. The van der Waals surface area contributed by atoms with Crippen LogP contribution < -0.4 is 0 Å². The van der Waals surface area contributed by atoms with Crippen molar-refractivity contribution < 1.29 is 9.53 Å². The first-order chi connectivity index (χ1) is 12.0. The Morgan fingerprint density at radius 1 is 1.35 bits per heavy atom. The Balaban J connectivity index is 1.98. The minimum absolute atomic E-state index is 0.139. The normalized spacial score (nSPS) is 20.9. The first-order valence-electron chi connectivity index (χ1n) is 9.20. The highest BCUT2D eigenvalue weighted by molar-refractivity contribution is 6.74. The van der Waals surface area contributed by atoms with Crippen molar-refractivity contribution in [1.82, 2.24) is 9.55 Å². The van der Waals surface area contributed by atoms with Gasteiger partial charge in [0, 0.05) is 11.6 Å². The third-order valence-electron chi connectivity index (χ3n) is 5.99. The van der Waals surface area contributed by atoms with Crippen molar-refractivity contribution >= 4 is 19.9 Å². The quantitative estimate of drug-likeness (QED) is 0.737. The van der Waals surface area contributed by atoms with Crippen LogP contribution >= 0.6 is 11.6 Å². The summed E-state index contributed by atoms with van der Waals surface area (Å²) in [5.41, 5.74) is 1.59. The molecule has 0 aliphatic carbocycles. The van der Waals surface area contributed by atoms with Gasteiger partial charge in [-0.2, -0.15) is 0 Å². The number of aryl methyl sites for hydroxylation is 1. The molecular formula is C20H29ClN2O2Si. The van der Waals surface area contributed by atoms with Crippen LogP contribution in [0.3, 0.4) is 0 Å². The predicted molar refractivity (Wildman–Crippen MR) is 108 cm³/mol. The van der Waals surface area contributed by atoms with Gasteiger partial charge in [0.2, 0.25) is 0 Å². The molecule has 26 heavy (non-hydrogen) atoms. The molecule has 2 heterocycles. The van der Waals surface area contributed by atoms with Crippen LogP contribution in [-0.2, 0) is 23.2 Å². The maximum Gasteiger partial charge on any atom is 0.192 e. The highest BCUT2D eigenvalue weighted by Crippen LogP contribution is 2.41. The number of halogens is 1. The van der Waals surface area contributed by atoms with Gasteiger partial charge in [-0.3, -0.25) is 0 Å². The number of hydrogen-bond donors (Lipinski definition) is 1. The molecular weight excluding hydrogens is 364 g/mol. The van der Waals surface area contributed by atoms with Crippen LogP contribution in [-0.4, -0.2) is 23.0 Å². The third kappa shape index (κ3) is 3.50. The van der Waals surface area contributed by atoms with Gasteiger partial charge in [0.05, 0.1) is 24.8 Å². The van der Waals surface area contributed by atoms with E-state index in [0.29, 0.717) is 18.1 Å². The largest absolute Gasteiger partial charge is 0.413 e. The molecule has 1 aliphatic heterocycles. The second-order valence-electron chi connectivity index (χ2n) is 8.79. The Morgan fingerprint density at radius 3 is 2.77 bits per heavy atom. The van der Waals surface area contributed by atoms with Crippen LogP contribution in [0.25, 0.3) is 0 Å². The summed E-state index contributed by atoms with van der Waals surface area (Å²) in [6, 6.07) is 5.74. The predicted octanol–water partition coefficient (Wildman–Crippen LogP) is 5.09. The monoisotopic (exact) mass is 392 g/mol. The molecule has 6 heteroatoms. The van der Waals surface area contributed by atoms with Gasteiger partial charge in [-0.15, -0.1) is 0 Å². The van der Waals surface area contributed by atoms with Crippen molar-refractivity contribution in [3.63, 3.8) is 0 Å². The fourth-order valence-electron chi connectivity index (χ4n) is 3.28. The Kier molecular flexibility index (Phi) is 5.12. The van der Waals surface area contributed by atoms with Crippen molar-refractivity contribution in [1.29, 1.82) is 0 Å². The van der Waals surface area contributed by atoms with E-state index in [1.54, 1.807) is 12.5 Å². The summed E-state index contributed by atoms with van der Waals surface area (Å²) in [7, 11) is -1.89. The van der Waals surface area contributed by atoms with Crippen LogP contribution in [0, 0.1) is 0 Å². The topological polar surface area (TPSA) is 47.3 Å². The minimum Gasteiger partial charge on any atom is -0.413 e. The number of nitrogens with zero attached hydrogens (tertiary/aromatic N) is 2. The third-order valence-corrected chi connectivity index (χ3v) is 10.7. The zero-order valence-corrected chi connectivity index (χ0v) is 18.1. The molecule has 0 saturated carbocycles. The van der Waals surface area contributed by atoms with E-state index in [1.165, 1.54) is 0 Å². The number of rotatable bonds is 4. The van der Waals surface area contributed by atoms with Crippen molar-refractivity contribution in [2.24, 2.45) is 0 Å². The highest BCUT2D eigenvalue weighted by atomic mass is 35.5. The summed E-state index contributed by atoms with van der Waals surface area (Å²) in [6.45, 7) is 12.5. The van der Waals surface area contributed by atoms with Crippen molar-refractivity contribution in [2.45, 2.75) is 70.5 Å². The van der Waals surface area contributed by atoms with E-state index in [-0.39, 0.29) is 5.04 Å². The fraction of sp³-hybridized carbons (Fsp3) is 0.550. The summed E-state index contributed by atoms with van der Waals surface area (Å²) in [5, 5.41) is 12.4. The molecule has 4 nitrogen and oxygen atoms in total. The Morgan fingerprint density at radius 2 is 2.08 bits per heavy atom. The minimum atomic E-state index is -1.89. The van der Waals surface area contributed by atoms with Crippen molar-refractivity contribution in [3.05, 3.63) is 52.6 Å². The summed E-state index contributed by atoms with van der Waals surface area (Å²) in [5.74, 6) is 0. The SMILES string of the molecule is CC(C)(C)[Si](C)(C)OCc1ccc(Cl)cc1C1(O)CCCn2cncc21. The lowest BCUT2D eigenvalue weighted by Crippen LogP contribution is -2.41. The van der Waals surface area contributed by atoms with E-state index in [0.717, 1.165) is 29.8 Å². The van der Waals surface area contributed by atoms with Gasteiger partial charge >= 0.3 is 0 Å². The number of aliphatic hydroxyl groups is 1. The number of aromatic nitrogens is 2. The average Bonchev–Trinajstić information content (AvgIpc) is 3.03. The fourth-order valence-corrected chi connectivity index (χ4v) is 4.40. The molecule has 1 N–H and O–H groups in total. The van der Waals surface area contributed by atoms with Gasteiger partial charge in [0.1, 0.15) is 5.60 Å². The van der Waals surface area contributed by atoms with Gasteiger partial charge in [0.25, 0.3) is 0 Å². The van der Waals surface area contributed by atoms with Gasteiger partial charge in [-0.05, 0) is 54.2 Å². The zero-order valence-electron chi connectivity index (χ0n) is 16.3. The van der Waals surface area contributed by atoms with Gasteiger partial charge in [0.15, 0.2) is 8.32 Å². The van der Waals surface area contributed by atoms with E-state index < -0.39 is 13.9 Å². The molecule has 1 aromatic carbocycles. The standard InChI is InChI=1S/C20H29ClN2O2Si/c1-19(2,3)26(4,5)25-13-15-7-8-16(21)11-17(15)20(24)9-6-10-23-14-22-12-18(20)23/h7-8,11-12,14,24H,6,9-10,13H2,1-5H3. The van der Waals surface area contributed by atoms with Crippen LogP contribution in [0.4, 0.5) is 0 Å². The molecule has 2 aromatic rings. The van der Waals surface area contributed by atoms with E-state index in [4.69, 9.17) is 16.0 Å². The van der Waals surface area contributed by atoms with Crippen LogP contribution in [0.1, 0.15) is 50.4 Å². The maximum atomic E-state index is 11.6. The highest BCUT2D eigenvalue weighted by Gasteiger charge is 2.40. The van der Waals surface area contributed by atoms with Crippen LogP contribution in [0.15, 0.2) is 30.7 Å². The molecule has 3 rings (SSSR count). The second-order valence-corrected chi connectivity index (χ2v) is 14.0. The molecule has 1 unspecified atom stereocenters. The van der Waals surface area contributed by atoms with Gasteiger partial charge in [-0.25, -0.2) is 4.98 Å². The van der Waals surface area contributed by atoms with E-state index >= 15 is 0 Å². The first kappa shape index (κ1) is 19.6. The van der Waals surface area contributed by atoms with E-state index in [1.807, 2.05) is 22.8 Å². The van der Waals surface area contributed by atoms with E-state index in [9.17, 15) is 5.11 Å². The summed E-state index contributed by atoms with van der Waals surface area (Å²) in [4.78, 5) is 4.24. The first-order valence-corrected chi connectivity index (χ1v) is 12.5. The van der Waals surface area contributed by atoms with Gasteiger partial charge in [-0.1, -0.05) is 38.4 Å². The molecule has 1 aromatic heterocycles. The maximum absolute atomic E-state index is 11.6. The molecule has 142 valence electrons. The van der Waals surface area contributed by atoms with Crippen LogP contribution in [0.5, 0.6) is 0 Å². The molecule has 1 aliphatic rings. The molecule has 0 amide bonds.